The summed E-state index contributed by atoms with van der Waals surface area (Å²) in [6.07, 6.45) is 3.08. The summed E-state index contributed by atoms with van der Waals surface area (Å²) in [5.74, 6) is -0.589. The van der Waals surface area contributed by atoms with Crippen molar-refractivity contribution in [2.45, 2.75) is 64.1 Å². The first-order chi connectivity index (χ1) is 8.29. The average Bonchev–Trinajstić information content (AvgIpc) is 2.70. The highest BCUT2D eigenvalue weighted by molar-refractivity contribution is 5.81. The molecule has 2 aliphatic rings. The highest BCUT2D eigenvalue weighted by Crippen LogP contribution is 2.41. The van der Waals surface area contributed by atoms with Gasteiger partial charge in [0.1, 0.15) is 11.6 Å². The summed E-state index contributed by atoms with van der Waals surface area (Å²) in [7, 11) is 0. The van der Waals surface area contributed by atoms with E-state index in [0.717, 1.165) is 19.3 Å². The lowest BCUT2D eigenvalue weighted by Crippen LogP contribution is -2.47. The minimum Gasteiger partial charge on any atom is -0.480 e. The quantitative estimate of drug-likeness (QED) is 0.780. The van der Waals surface area contributed by atoms with E-state index >= 15 is 0 Å². The van der Waals surface area contributed by atoms with E-state index < -0.39 is 23.7 Å². The number of amides is 1. The standard InChI is InChI=1S/C13H21NO4/c1-13(2,3)18-12(17)14-9-6-4-5-8(9)7-10(14)11(15)16/h8-10H,4-7H2,1-3H3,(H,15,16)/t8-,9+,10-/m1/s1. The van der Waals surface area contributed by atoms with Gasteiger partial charge in [-0.3, -0.25) is 4.90 Å². The largest absolute Gasteiger partial charge is 0.480 e. The highest BCUT2D eigenvalue weighted by Gasteiger charge is 2.50. The van der Waals surface area contributed by atoms with Crippen molar-refractivity contribution in [2.24, 2.45) is 5.92 Å². The summed E-state index contributed by atoms with van der Waals surface area (Å²) in [6, 6.07) is -0.656. The summed E-state index contributed by atoms with van der Waals surface area (Å²) < 4.78 is 5.33. The number of ether oxygens (including phenoxy) is 1. The zero-order valence-corrected chi connectivity index (χ0v) is 11.2. The number of carbonyl (C=O) groups excluding carboxylic acids is 1. The zero-order valence-electron chi connectivity index (χ0n) is 11.2. The van der Waals surface area contributed by atoms with E-state index in [9.17, 15) is 14.7 Å². The van der Waals surface area contributed by atoms with Crippen LogP contribution in [0, 0.1) is 5.92 Å². The number of carbonyl (C=O) groups is 2. The maximum Gasteiger partial charge on any atom is 0.411 e. The summed E-state index contributed by atoms with van der Waals surface area (Å²) in [4.78, 5) is 24.9. The third kappa shape index (κ3) is 2.44. The predicted octanol–water partition coefficient (Wildman–Crippen LogP) is 2.25. The number of carboxylic acid groups (broad SMARTS) is 1. The third-order valence-electron chi connectivity index (χ3n) is 3.73. The van der Waals surface area contributed by atoms with Gasteiger partial charge in [-0.05, 0) is 46.0 Å². The molecule has 1 N–H and O–H groups in total. The maximum absolute atomic E-state index is 12.2. The van der Waals surface area contributed by atoms with Crippen LogP contribution in [0.4, 0.5) is 4.79 Å². The van der Waals surface area contributed by atoms with Crippen molar-refractivity contribution in [3.8, 4) is 0 Å². The van der Waals surface area contributed by atoms with Crippen LogP contribution < -0.4 is 0 Å². The Kier molecular flexibility index (Phi) is 3.25. The van der Waals surface area contributed by atoms with Crippen molar-refractivity contribution < 1.29 is 19.4 Å². The molecular weight excluding hydrogens is 234 g/mol. The van der Waals surface area contributed by atoms with Crippen molar-refractivity contribution in [3.05, 3.63) is 0 Å². The Morgan fingerprint density at radius 2 is 1.94 bits per heavy atom. The molecule has 0 aromatic heterocycles. The minimum absolute atomic E-state index is 0.0564. The third-order valence-corrected chi connectivity index (χ3v) is 3.73. The lowest BCUT2D eigenvalue weighted by Gasteiger charge is -2.30. The van der Waals surface area contributed by atoms with E-state index in [-0.39, 0.29) is 6.04 Å². The second-order valence-electron chi connectivity index (χ2n) is 6.24. The average molecular weight is 255 g/mol. The van der Waals surface area contributed by atoms with Gasteiger partial charge in [0.15, 0.2) is 0 Å². The van der Waals surface area contributed by atoms with E-state index in [1.54, 1.807) is 20.8 Å². The van der Waals surface area contributed by atoms with Crippen LogP contribution in [0.2, 0.25) is 0 Å². The van der Waals surface area contributed by atoms with Crippen molar-refractivity contribution in [1.29, 1.82) is 0 Å². The lowest BCUT2D eigenvalue weighted by atomic mass is 10.0. The number of rotatable bonds is 1. The van der Waals surface area contributed by atoms with Gasteiger partial charge in [0.25, 0.3) is 0 Å². The molecule has 1 amide bonds. The van der Waals surface area contributed by atoms with Gasteiger partial charge in [0.05, 0.1) is 0 Å². The number of hydrogen-bond acceptors (Lipinski definition) is 3. The fourth-order valence-corrected chi connectivity index (χ4v) is 3.09. The Morgan fingerprint density at radius 3 is 2.50 bits per heavy atom. The van der Waals surface area contributed by atoms with Crippen LogP contribution in [0.3, 0.4) is 0 Å². The molecule has 3 atom stereocenters. The number of fused-ring (bicyclic) bond motifs is 1. The fourth-order valence-electron chi connectivity index (χ4n) is 3.09. The van der Waals surface area contributed by atoms with E-state index in [1.165, 1.54) is 4.90 Å². The van der Waals surface area contributed by atoms with Gasteiger partial charge in [0, 0.05) is 6.04 Å². The molecule has 1 aliphatic heterocycles. The Morgan fingerprint density at radius 1 is 1.28 bits per heavy atom. The number of nitrogens with zero attached hydrogens (tertiary/aromatic N) is 1. The Hall–Kier alpha value is -1.26. The summed E-state index contributed by atoms with van der Waals surface area (Å²) in [5.41, 5.74) is -0.586. The highest BCUT2D eigenvalue weighted by atomic mass is 16.6. The summed E-state index contributed by atoms with van der Waals surface area (Å²) >= 11 is 0. The van der Waals surface area contributed by atoms with Gasteiger partial charge in [-0.15, -0.1) is 0 Å². The number of aliphatic carboxylic acids is 1. The van der Waals surface area contributed by atoms with Gasteiger partial charge >= 0.3 is 12.1 Å². The molecule has 5 heteroatoms. The second kappa shape index (κ2) is 4.44. The van der Waals surface area contributed by atoms with E-state index in [1.807, 2.05) is 0 Å². The zero-order chi connectivity index (χ0) is 13.5. The van der Waals surface area contributed by atoms with Crippen LogP contribution in [-0.2, 0) is 9.53 Å². The van der Waals surface area contributed by atoms with Crippen molar-refractivity contribution in [2.75, 3.05) is 0 Å². The molecular formula is C13H21NO4. The number of hydrogen-bond donors (Lipinski definition) is 1. The number of carboxylic acids is 1. The predicted molar refractivity (Wildman–Crippen MR) is 65.2 cm³/mol. The van der Waals surface area contributed by atoms with Crippen LogP contribution in [0.1, 0.15) is 46.5 Å². The molecule has 0 aromatic rings. The van der Waals surface area contributed by atoms with Gasteiger partial charge in [-0.2, -0.15) is 0 Å². The molecule has 0 aromatic carbocycles. The van der Waals surface area contributed by atoms with Gasteiger partial charge in [-0.25, -0.2) is 9.59 Å². The molecule has 0 unspecified atom stereocenters. The van der Waals surface area contributed by atoms with Gasteiger partial charge < -0.3 is 9.84 Å². The lowest BCUT2D eigenvalue weighted by molar-refractivity contribution is -0.142. The van der Waals surface area contributed by atoms with Crippen LogP contribution in [0.15, 0.2) is 0 Å². The molecule has 18 heavy (non-hydrogen) atoms. The minimum atomic E-state index is -0.921. The molecule has 1 saturated heterocycles. The number of likely N-dealkylation sites (tertiary alicyclic amines) is 1. The van der Waals surface area contributed by atoms with Gasteiger partial charge in [-0.1, -0.05) is 6.42 Å². The molecule has 5 nitrogen and oxygen atoms in total. The fraction of sp³-hybridized carbons (Fsp3) is 0.846. The van der Waals surface area contributed by atoms with Crippen LogP contribution in [-0.4, -0.2) is 39.8 Å². The van der Waals surface area contributed by atoms with E-state index in [4.69, 9.17) is 4.74 Å². The first-order valence-corrected chi connectivity index (χ1v) is 6.54. The Labute approximate surface area is 107 Å². The summed E-state index contributed by atoms with van der Waals surface area (Å²) in [6.45, 7) is 5.38. The SMILES string of the molecule is CC(C)(C)OC(=O)N1[C@@H](C(=O)O)C[C@H]2CCC[C@@H]21. The van der Waals surface area contributed by atoms with Crippen LogP contribution >= 0.6 is 0 Å². The monoisotopic (exact) mass is 255 g/mol. The molecule has 1 heterocycles. The molecule has 1 saturated carbocycles. The normalized spacial score (nSPS) is 31.3. The first-order valence-electron chi connectivity index (χ1n) is 6.54. The Bertz CT molecular complexity index is 360. The molecule has 0 spiro atoms. The van der Waals surface area contributed by atoms with E-state index in [2.05, 4.69) is 0 Å². The van der Waals surface area contributed by atoms with Crippen molar-refractivity contribution in [3.63, 3.8) is 0 Å². The smallest absolute Gasteiger partial charge is 0.411 e. The van der Waals surface area contributed by atoms with E-state index in [0.29, 0.717) is 12.3 Å². The van der Waals surface area contributed by atoms with Crippen molar-refractivity contribution >= 4 is 12.1 Å². The maximum atomic E-state index is 12.2. The topological polar surface area (TPSA) is 66.8 Å². The Balaban J connectivity index is 2.16. The summed E-state index contributed by atoms with van der Waals surface area (Å²) in [5, 5.41) is 9.24. The van der Waals surface area contributed by atoms with Gasteiger partial charge in [0.2, 0.25) is 0 Å². The molecule has 0 radical (unpaired) electrons. The molecule has 0 bridgehead atoms. The second-order valence-corrected chi connectivity index (χ2v) is 6.24. The first kappa shape index (κ1) is 13.2. The molecule has 102 valence electrons. The van der Waals surface area contributed by atoms with Crippen LogP contribution in [0.25, 0.3) is 0 Å². The molecule has 1 aliphatic carbocycles. The van der Waals surface area contributed by atoms with Crippen molar-refractivity contribution in [1.82, 2.24) is 4.90 Å². The van der Waals surface area contributed by atoms with Crippen LogP contribution in [0.5, 0.6) is 0 Å². The molecule has 2 rings (SSSR count). The molecule has 2 fully saturated rings.